The van der Waals surface area contributed by atoms with Crippen LogP contribution in [0, 0.1) is 0 Å². The van der Waals surface area contributed by atoms with Gasteiger partial charge in [0.25, 0.3) is 5.91 Å². The van der Waals surface area contributed by atoms with Crippen LogP contribution in [0.3, 0.4) is 0 Å². The van der Waals surface area contributed by atoms with Crippen LogP contribution in [0.25, 0.3) is 0 Å². The number of aromatic nitrogens is 5. The van der Waals surface area contributed by atoms with Crippen molar-refractivity contribution in [3.63, 3.8) is 0 Å². The maximum Gasteiger partial charge on any atom is 0.257 e. The molecule has 0 aliphatic carbocycles. The zero-order valence-corrected chi connectivity index (χ0v) is 17.4. The molecule has 1 aliphatic rings. The minimum absolute atomic E-state index is 0.344. The predicted octanol–water partition coefficient (Wildman–Crippen LogP) is 2.02. The highest BCUT2D eigenvalue weighted by atomic mass is 16.5. The Bertz CT molecular complexity index is 1120. The molecule has 160 valence electrons. The smallest absolute Gasteiger partial charge is 0.257 e. The van der Waals surface area contributed by atoms with Crippen LogP contribution >= 0.6 is 0 Å². The molecule has 1 aromatic carbocycles. The largest absolute Gasteiger partial charge is 0.493 e. The Kier molecular flexibility index (Phi) is 5.39. The van der Waals surface area contributed by atoms with Gasteiger partial charge >= 0.3 is 0 Å². The number of methoxy groups -OCH3 is 3. The van der Waals surface area contributed by atoms with E-state index in [0.717, 1.165) is 0 Å². The third-order valence-electron chi connectivity index (χ3n) is 4.87. The number of tetrazole rings is 1. The van der Waals surface area contributed by atoms with Gasteiger partial charge in [0.05, 0.1) is 26.9 Å². The molecule has 3 aromatic rings. The van der Waals surface area contributed by atoms with Gasteiger partial charge in [0.1, 0.15) is 11.9 Å². The van der Waals surface area contributed by atoms with E-state index in [1.54, 1.807) is 43.5 Å². The van der Waals surface area contributed by atoms with Crippen LogP contribution in [0.5, 0.6) is 17.2 Å². The monoisotopic (exact) mass is 423 g/mol. The highest BCUT2D eigenvalue weighted by Gasteiger charge is 2.35. The van der Waals surface area contributed by atoms with Crippen molar-refractivity contribution in [2.24, 2.45) is 0 Å². The molecule has 0 spiro atoms. The third kappa shape index (κ3) is 3.61. The van der Waals surface area contributed by atoms with Crippen LogP contribution in [-0.2, 0) is 4.79 Å². The summed E-state index contributed by atoms with van der Waals surface area (Å²) in [5.74, 6) is 1.84. The number of hydrogen-bond acceptors (Lipinski definition) is 9. The summed E-state index contributed by atoms with van der Waals surface area (Å²) < 4.78 is 17.9. The number of fused-ring (bicyclic) bond motifs is 1. The van der Waals surface area contributed by atoms with Gasteiger partial charge in [0.15, 0.2) is 11.5 Å². The summed E-state index contributed by atoms with van der Waals surface area (Å²) in [5.41, 5.74) is 1.70. The van der Waals surface area contributed by atoms with Crippen molar-refractivity contribution in [2.75, 3.05) is 32.0 Å². The van der Waals surface area contributed by atoms with E-state index in [2.05, 4.69) is 31.1 Å². The lowest BCUT2D eigenvalue weighted by Crippen LogP contribution is -2.31. The van der Waals surface area contributed by atoms with Crippen molar-refractivity contribution in [2.45, 2.75) is 13.0 Å². The van der Waals surface area contributed by atoms with E-state index in [0.29, 0.717) is 45.8 Å². The van der Waals surface area contributed by atoms with E-state index in [1.165, 1.54) is 26.0 Å². The third-order valence-corrected chi connectivity index (χ3v) is 4.87. The summed E-state index contributed by atoms with van der Waals surface area (Å²) in [7, 11) is 4.59. The minimum Gasteiger partial charge on any atom is -0.493 e. The number of rotatable bonds is 6. The molecule has 1 amide bonds. The number of allylic oxidation sites excluding steroid dienone is 1. The Hall–Kier alpha value is -4.15. The van der Waals surface area contributed by atoms with Gasteiger partial charge < -0.3 is 24.8 Å². The van der Waals surface area contributed by atoms with Gasteiger partial charge in [-0.2, -0.15) is 4.68 Å². The lowest BCUT2D eigenvalue weighted by molar-refractivity contribution is -0.113. The summed E-state index contributed by atoms with van der Waals surface area (Å²) in [6.45, 7) is 1.79. The van der Waals surface area contributed by atoms with Crippen molar-refractivity contribution in [1.29, 1.82) is 0 Å². The molecular formula is C20H21N7O4. The van der Waals surface area contributed by atoms with Crippen LogP contribution in [0.4, 0.5) is 11.8 Å². The van der Waals surface area contributed by atoms with Crippen molar-refractivity contribution in [3.8, 4) is 17.2 Å². The second-order valence-electron chi connectivity index (χ2n) is 6.64. The Labute approximate surface area is 178 Å². The van der Waals surface area contributed by atoms with Crippen LogP contribution in [0.15, 0.2) is 47.8 Å². The van der Waals surface area contributed by atoms with E-state index in [1.807, 2.05) is 0 Å². The number of ether oxygens (including phenoxy) is 3. The number of nitrogens with zero attached hydrogens (tertiary/aromatic N) is 5. The summed E-state index contributed by atoms with van der Waals surface area (Å²) in [5, 5.41) is 17.8. The van der Waals surface area contributed by atoms with E-state index in [-0.39, 0.29) is 5.91 Å². The number of nitrogens with one attached hydrogen (secondary N) is 2. The predicted molar refractivity (Wildman–Crippen MR) is 111 cm³/mol. The molecule has 1 aliphatic heterocycles. The Morgan fingerprint density at radius 1 is 1.13 bits per heavy atom. The molecule has 1 atom stereocenters. The average Bonchev–Trinajstić information content (AvgIpc) is 3.25. The van der Waals surface area contributed by atoms with E-state index in [9.17, 15) is 4.79 Å². The van der Waals surface area contributed by atoms with Crippen LogP contribution in [0.2, 0.25) is 0 Å². The maximum atomic E-state index is 13.3. The second-order valence-corrected chi connectivity index (χ2v) is 6.64. The SMILES string of the molecule is COc1cc(C2C(C(=O)Nc3ccccn3)=C(C)Nc3nnnn32)cc(OC)c1OC. The number of benzene rings is 1. The highest BCUT2D eigenvalue weighted by molar-refractivity contribution is 6.05. The van der Waals surface area contributed by atoms with Gasteiger partial charge in [-0.25, -0.2) is 4.98 Å². The Balaban J connectivity index is 1.84. The fourth-order valence-electron chi connectivity index (χ4n) is 3.49. The van der Waals surface area contributed by atoms with Gasteiger partial charge in [-0.15, -0.1) is 0 Å². The summed E-state index contributed by atoms with van der Waals surface area (Å²) in [6.07, 6.45) is 1.60. The maximum absolute atomic E-state index is 13.3. The standard InChI is InChI=1S/C20H21N7O4/c1-11-16(19(28)23-15-7-5-6-8-21-15)17(27-20(22-11)24-25-26-27)12-9-13(29-2)18(31-4)14(10-12)30-3/h5-10,17H,1-4H3,(H,21,23,28)(H,22,24,26). The van der Waals surface area contributed by atoms with E-state index >= 15 is 0 Å². The first-order valence-corrected chi connectivity index (χ1v) is 9.35. The number of pyridine rings is 1. The molecule has 0 radical (unpaired) electrons. The van der Waals surface area contributed by atoms with Crippen LogP contribution in [-0.4, -0.2) is 52.4 Å². The molecule has 1 unspecified atom stereocenters. The van der Waals surface area contributed by atoms with Gasteiger partial charge in [-0.05, 0) is 47.2 Å². The molecule has 11 nitrogen and oxygen atoms in total. The van der Waals surface area contributed by atoms with Crippen LogP contribution < -0.4 is 24.8 Å². The molecule has 2 N–H and O–H groups in total. The molecule has 11 heteroatoms. The molecule has 0 saturated carbocycles. The molecule has 2 aromatic heterocycles. The summed E-state index contributed by atoms with van der Waals surface area (Å²) in [4.78, 5) is 17.5. The average molecular weight is 423 g/mol. The van der Waals surface area contributed by atoms with Crippen molar-refractivity contribution < 1.29 is 19.0 Å². The molecule has 31 heavy (non-hydrogen) atoms. The summed E-state index contributed by atoms with van der Waals surface area (Å²) >= 11 is 0. The molecule has 0 bridgehead atoms. The van der Waals surface area contributed by atoms with E-state index in [4.69, 9.17) is 14.2 Å². The molecule has 0 saturated heterocycles. The zero-order valence-electron chi connectivity index (χ0n) is 17.4. The van der Waals surface area contributed by atoms with Crippen molar-refractivity contribution >= 4 is 17.7 Å². The highest BCUT2D eigenvalue weighted by Crippen LogP contribution is 2.43. The number of carbonyl (C=O) groups excluding carboxylic acids is 1. The van der Waals surface area contributed by atoms with Gasteiger partial charge in [0, 0.05) is 11.9 Å². The molecule has 3 heterocycles. The van der Waals surface area contributed by atoms with E-state index < -0.39 is 6.04 Å². The minimum atomic E-state index is -0.649. The van der Waals surface area contributed by atoms with Crippen molar-refractivity contribution in [1.82, 2.24) is 25.2 Å². The lowest BCUT2D eigenvalue weighted by atomic mass is 9.94. The molecule has 0 fully saturated rings. The lowest BCUT2D eigenvalue weighted by Gasteiger charge is -2.28. The first-order chi connectivity index (χ1) is 15.1. The quantitative estimate of drug-likeness (QED) is 0.612. The van der Waals surface area contributed by atoms with Crippen LogP contribution in [0.1, 0.15) is 18.5 Å². The first kappa shape index (κ1) is 20.1. The topological polar surface area (TPSA) is 125 Å². The second kappa shape index (κ2) is 8.30. The Morgan fingerprint density at radius 3 is 2.48 bits per heavy atom. The number of carbonyl (C=O) groups is 1. The normalized spacial score (nSPS) is 15.0. The Morgan fingerprint density at radius 2 is 1.87 bits per heavy atom. The summed E-state index contributed by atoms with van der Waals surface area (Å²) in [6, 6.07) is 8.16. The van der Waals surface area contributed by atoms with Gasteiger partial charge in [-0.3, -0.25) is 4.79 Å². The fraction of sp³-hybridized carbons (Fsp3) is 0.250. The van der Waals surface area contributed by atoms with Gasteiger partial charge in [0.2, 0.25) is 11.7 Å². The van der Waals surface area contributed by atoms with Crippen molar-refractivity contribution in [3.05, 3.63) is 53.4 Å². The number of anilines is 2. The number of hydrogen-bond donors (Lipinski definition) is 2. The fourth-order valence-corrected chi connectivity index (χ4v) is 3.49. The van der Waals surface area contributed by atoms with Gasteiger partial charge in [-0.1, -0.05) is 11.2 Å². The first-order valence-electron chi connectivity index (χ1n) is 9.35. The molecular weight excluding hydrogens is 402 g/mol. The molecule has 4 rings (SSSR count). The number of amides is 1. The zero-order chi connectivity index (χ0) is 22.0.